The third-order valence-corrected chi connectivity index (χ3v) is 19.0. The number of amides is 12. The summed E-state index contributed by atoms with van der Waals surface area (Å²) in [6, 6.07) is 0.127. The van der Waals surface area contributed by atoms with Crippen LogP contribution in [0, 0.1) is 36.5 Å². The van der Waals surface area contributed by atoms with E-state index in [4.69, 9.17) is 58.8 Å². The lowest BCUT2D eigenvalue weighted by atomic mass is 10.0. The molecule has 1 aromatic heterocycles. The Balaban J connectivity index is 1.47. The maximum Gasteiger partial charge on any atom is 0.336 e. The molecule has 123 heavy (non-hydrogen) atoms. The number of nitro benzene ring substituents is 2. The molecule has 2 heterocycles. The van der Waals surface area contributed by atoms with Gasteiger partial charge in [-0.25, -0.2) is 4.79 Å². The van der Waals surface area contributed by atoms with Gasteiger partial charge in [0.1, 0.15) is 77.4 Å². The zero-order valence-electron chi connectivity index (χ0n) is 67.5. The van der Waals surface area contributed by atoms with Crippen molar-refractivity contribution in [1.29, 1.82) is 16.2 Å². The second-order valence-electron chi connectivity index (χ2n) is 28.4. The number of aliphatic carboxylic acids is 2. The van der Waals surface area contributed by atoms with Crippen molar-refractivity contribution < 1.29 is 101 Å². The quantitative estimate of drug-likeness (QED) is 0.00505. The van der Waals surface area contributed by atoms with E-state index in [2.05, 4.69) is 69.1 Å². The molecular formula is C75H106N24O24. The van der Waals surface area contributed by atoms with Gasteiger partial charge in [-0.3, -0.25) is 104 Å². The third-order valence-electron chi connectivity index (χ3n) is 19.0. The number of hydrogen-bond acceptors (Lipinski definition) is 26. The summed E-state index contributed by atoms with van der Waals surface area (Å²) in [5, 5.41) is 98.9. The number of carbonyl (C=O) groups is 14. The highest BCUT2D eigenvalue weighted by atomic mass is 16.6. The predicted molar refractivity (Wildman–Crippen MR) is 438 cm³/mol. The molecule has 48 nitrogen and oxygen atoms in total. The Labute approximate surface area is 702 Å². The lowest BCUT2D eigenvalue weighted by Gasteiger charge is -2.30. The number of benzene rings is 3. The van der Waals surface area contributed by atoms with Crippen LogP contribution in [0.25, 0.3) is 11.0 Å². The van der Waals surface area contributed by atoms with Crippen LogP contribution in [0.5, 0.6) is 5.75 Å². The number of primary amides is 2. The Kier molecular flexibility index (Phi) is 40.7. The summed E-state index contributed by atoms with van der Waals surface area (Å²) in [4.78, 5) is 230. The number of methoxy groups -OCH3 is 1. The predicted octanol–water partition coefficient (Wildman–Crippen LogP) is -3.70. The molecule has 0 aliphatic carbocycles. The number of nitro groups is 2. The van der Waals surface area contributed by atoms with Gasteiger partial charge >= 0.3 is 17.6 Å². The molecule has 0 radical (unpaired) electrons. The summed E-state index contributed by atoms with van der Waals surface area (Å²) in [5.41, 5.74) is 25.6. The van der Waals surface area contributed by atoms with Crippen molar-refractivity contribution in [2.24, 2.45) is 28.7 Å². The molecule has 0 bridgehead atoms. The van der Waals surface area contributed by atoms with Crippen LogP contribution in [-0.4, -0.2) is 233 Å². The molecular weight excluding hydrogens is 1620 g/mol. The van der Waals surface area contributed by atoms with E-state index in [-0.39, 0.29) is 121 Å². The van der Waals surface area contributed by atoms with E-state index in [9.17, 15) is 97.6 Å². The molecule has 4 aromatic rings. The average molecular weight is 1730 g/mol. The summed E-state index contributed by atoms with van der Waals surface area (Å²) in [5.74, 6) is -16.8. The standard InChI is InChI=1S/C75H106N24O24/c1-40(64(108)91-49(16-9-30-85-74(80)81)65(109)93-51(24-27-60(102)103)67(111)90-47(63(77)107)15-8-29-84-73(78)79)88-70(114)54(38-87-46-22-19-43(98(117)118)36-56(46)99(119)120)96-66(110)48(14-6-7-33-122-39-41-12-4-3-5-13-41)92-69(113)52(25-28-61(104)105)94-68(112)50(23-26-58(76)100)95-71(115)55-18-11-32-97(55)72(116)53(17-10-31-86-75(82)83)89-59(101)34-42-35-62(106)123-57-37-44(121-2)20-21-45(42)57/h3-5,12-13,19-22,35-37,40,47-55,87H,6-11,14-18,23-34,38-39H2,1-2H3,(H2,76,100)(H2,77,107)(H,88,114)(H,89,101)(H,90,111)(H,91,108)(H,92,113)(H,93,109)(H,94,112)(H,95,115)(H,96,110)(H,102,103)(H,104,105)(H4,78,79,84)(H4,80,81,85)(H4,82,83,86)/t40-,47-,48-,49-,50-,51-,52-,53-,54-,55-/m0/s1. The van der Waals surface area contributed by atoms with Crippen LogP contribution in [0.1, 0.15) is 127 Å². The minimum Gasteiger partial charge on any atom is -0.497 e. The third kappa shape index (κ3) is 34.8. The largest absolute Gasteiger partial charge is 0.497 e. The molecule has 0 unspecified atom stereocenters. The van der Waals surface area contributed by atoms with Crippen LogP contribution in [-0.2, 0) is 84.9 Å². The number of fused-ring (bicyclic) bond motifs is 1. The van der Waals surface area contributed by atoms with Crippen molar-refractivity contribution in [3.63, 3.8) is 0 Å². The van der Waals surface area contributed by atoms with Crippen molar-refractivity contribution in [1.82, 2.24) is 68.7 Å². The maximum absolute atomic E-state index is 15.1. The number of anilines is 1. The number of carbonyl (C=O) groups excluding carboxylic acids is 12. The Bertz CT molecular complexity index is 4540. The normalized spacial score (nSPS) is 14.3. The molecule has 1 aliphatic rings. The lowest BCUT2D eigenvalue weighted by Crippen LogP contribution is -2.61. The van der Waals surface area contributed by atoms with Crippen molar-refractivity contribution in [3.8, 4) is 5.75 Å². The SMILES string of the molecule is COc1ccc2c(CC(=O)N[C@@H](CCCNC(=N)N)C(=O)N3CCC[C@H]3C(=O)N[C@@H](CCC(N)=O)C(=O)N[C@@H](CCC(=O)O)C(=O)N[C@@H](CCCCOCc3ccccc3)C(=O)N[C@@H](CNc3ccc([N+](=O)[O-])cc3[N+](=O)[O-])C(=O)N[C@@H](C)C(=O)N[C@@H](CCCNC(=N)N)C(=O)N[C@@H](CCC(=O)O)C(=O)N[C@@H](CCCNC(=N)N)C(N)=O)cc(=O)oc2c1. The highest BCUT2D eigenvalue weighted by molar-refractivity contribution is 6.00. The number of hydrogen-bond donors (Lipinski definition) is 23. The van der Waals surface area contributed by atoms with Crippen molar-refractivity contribution >= 4 is 129 Å². The number of guanidine groups is 3. The van der Waals surface area contributed by atoms with Crippen LogP contribution in [0.2, 0.25) is 0 Å². The van der Waals surface area contributed by atoms with E-state index < -0.39 is 245 Å². The fourth-order valence-corrected chi connectivity index (χ4v) is 12.7. The van der Waals surface area contributed by atoms with Gasteiger partial charge in [-0.05, 0) is 126 Å². The summed E-state index contributed by atoms with van der Waals surface area (Å²) in [7, 11) is 1.40. The number of carboxylic acids is 2. The highest BCUT2D eigenvalue weighted by Gasteiger charge is 2.41. The van der Waals surface area contributed by atoms with Crippen molar-refractivity contribution in [2.75, 3.05) is 51.8 Å². The minimum atomic E-state index is -2.02. The molecule has 5 rings (SSSR count). The maximum atomic E-state index is 15.1. The summed E-state index contributed by atoms with van der Waals surface area (Å²) < 4.78 is 16.4. The Morgan fingerprint density at radius 1 is 0.561 bits per heavy atom. The zero-order chi connectivity index (χ0) is 91.0. The topological polar surface area (TPSA) is 776 Å². The number of unbranched alkanes of at least 4 members (excludes halogenated alkanes) is 1. The molecule has 1 fully saturated rings. The number of nitrogens with two attached hydrogens (primary N) is 5. The molecule has 3 aromatic carbocycles. The zero-order valence-corrected chi connectivity index (χ0v) is 67.5. The van der Waals surface area contributed by atoms with E-state index >= 15 is 4.79 Å². The van der Waals surface area contributed by atoms with Crippen LogP contribution in [0.3, 0.4) is 0 Å². The number of likely N-dealkylation sites (tertiary alicyclic amines) is 1. The van der Waals surface area contributed by atoms with Crippen LogP contribution in [0.4, 0.5) is 17.1 Å². The Morgan fingerprint density at radius 2 is 1.06 bits per heavy atom. The van der Waals surface area contributed by atoms with Crippen molar-refractivity contribution in [3.05, 3.63) is 115 Å². The van der Waals surface area contributed by atoms with E-state index in [0.717, 1.165) is 35.6 Å². The first-order chi connectivity index (χ1) is 58.3. The van der Waals surface area contributed by atoms with Gasteiger partial charge in [0.15, 0.2) is 17.9 Å². The first-order valence-electron chi connectivity index (χ1n) is 39.0. The number of carboxylic acid groups (broad SMARTS) is 2. The fraction of sp³-hybridized carbons (Fsp3) is 0.493. The fourth-order valence-electron chi connectivity index (χ4n) is 12.7. The molecule has 48 heteroatoms. The van der Waals surface area contributed by atoms with E-state index in [1.165, 1.54) is 13.2 Å². The smallest absolute Gasteiger partial charge is 0.336 e. The van der Waals surface area contributed by atoms with Gasteiger partial charge in [-0.2, -0.15) is 0 Å². The van der Waals surface area contributed by atoms with E-state index in [1.807, 2.05) is 0 Å². The van der Waals surface area contributed by atoms with Gasteiger partial charge in [-0.1, -0.05) is 30.3 Å². The van der Waals surface area contributed by atoms with E-state index in [1.54, 1.807) is 42.5 Å². The molecule has 12 amide bonds. The highest BCUT2D eigenvalue weighted by Crippen LogP contribution is 2.30. The molecule has 0 saturated carbocycles. The number of non-ortho nitro benzene ring substituents is 1. The summed E-state index contributed by atoms with van der Waals surface area (Å²) >= 11 is 0. The van der Waals surface area contributed by atoms with Crippen molar-refractivity contribution in [2.45, 2.75) is 190 Å². The van der Waals surface area contributed by atoms with Gasteiger partial charge in [0.25, 0.3) is 11.4 Å². The molecule has 0 spiro atoms. The van der Waals surface area contributed by atoms with Gasteiger partial charge in [0, 0.05) is 82.2 Å². The van der Waals surface area contributed by atoms with Crippen LogP contribution in [0.15, 0.2) is 82.0 Å². The average Bonchev–Trinajstić information content (AvgIpc) is 1.10. The van der Waals surface area contributed by atoms with Gasteiger partial charge in [-0.15, -0.1) is 0 Å². The first-order valence-corrected chi connectivity index (χ1v) is 39.0. The second-order valence-corrected chi connectivity index (χ2v) is 28.4. The van der Waals surface area contributed by atoms with Gasteiger partial charge in [0.05, 0.1) is 36.1 Å². The minimum absolute atomic E-state index is 0.00781. The molecule has 1 aliphatic heterocycles. The monoisotopic (exact) mass is 1730 g/mol. The summed E-state index contributed by atoms with van der Waals surface area (Å²) in [6.07, 6.45) is -4.86. The molecule has 1 saturated heterocycles. The second kappa shape index (κ2) is 50.5. The van der Waals surface area contributed by atoms with Gasteiger partial charge in [0.2, 0.25) is 70.9 Å². The first kappa shape index (κ1) is 99.2. The van der Waals surface area contributed by atoms with Crippen LogP contribution >= 0.6 is 0 Å². The van der Waals surface area contributed by atoms with E-state index in [0.29, 0.717) is 17.2 Å². The number of nitrogens with zero attached hydrogens (tertiary/aromatic N) is 3. The molecule has 28 N–H and O–H groups in total. The Hall–Kier alpha value is -14.4. The van der Waals surface area contributed by atoms with Gasteiger partial charge < -0.3 is 127 Å². The molecule has 10 atom stereocenters. The number of nitrogens with one attached hydrogen (secondary N) is 16. The number of rotatable bonds is 55. The summed E-state index contributed by atoms with van der Waals surface area (Å²) in [6.45, 7) is 0.360. The Morgan fingerprint density at radius 3 is 1.58 bits per heavy atom. The molecule has 670 valence electrons. The van der Waals surface area contributed by atoms with Crippen LogP contribution < -0.4 is 108 Å². The lowest BCUT2D eigenvalue weighted by molar-refractivity contribution is -0.393. The number of ether oxygens (including phenoxy) is 2.